The Bertz CT molecular complexity index is 593. The Hall–Kier alpha value is -2.04. The van der Waals surface area contributed by atoms with Gasteiger partial charge in [0.2, 0.25) is 16.0 Å². The molecule has 0 radical (unpaired) electrons. The molecule has 0 saturated heterocycles. The van der Waals surface area contributed by atoms with E-state index in [9.17, 15) is 8.42 Å². The highest BCUT2D eigenvalue weighted by atomic mass is 32.2. The van der Waals surface area contributed by atoms with Gasteiger partial charge in [-0.15, -0.1) is 0 Å². The van der Waals surface area contributed by atoms with Crippen LogP contribution in [-0.4, -0.2) is 28.6 Å². The Kier molecular flexibility index (Phi) is 3.50. The van der Waals surface area contributed by atoms with E-state index in [4.69, 9.17) is 5.84 Å². The van der Waals surface area contributed by atoms with E-state index in [2.05, 4.69) is 30.3 Å². The fourth-order valence-electron chi connectivity index (χ4n) is 1.17. The number of H-pyrrole nitrogens is 1. The summed E-state index contributed by atoms with van der Waals surface area (Å²) in [6.07, 6.45) is 5.46. The minimum Gasteiger partial charge on any atom is -0.292 e. The maximum absolute atomic E-state index is 11.9. The monoisotopic (exact) mass is 269 g/mol. The molecule has 9 nitrogen and oxygen atoms in total. The van der Waals surface area contributed by atoms with Gasteiger partial charge in [-0.25, -0.2) is 29.0 Å². The second-order valence-electron chi connectivity index (χ2n) is 3.32. The molecule has 2 aromatic heterocycles. The van der Waals surface area contributed by atoms with E-state index in [-0.39, 0.29) is 17.4 Å². The average molecular weight is 269 g/mol. The largest absolute Gasteiger partial charge is 0.292 e. The second kappa shape index (κ2) is 5.08. The summed E-state index contributed by atoms with van der Waals surface area (Å²) in [6, 6.07) is 0. The molecule has 0 amide bonds. The highest BCUT2D eigenvalue weighted by Gasteiger charge is 2.14. The van der Waals surface area contributed by atoms with Gasteiger partial charge in [-0.3, -0.25) is 10.5 Å². The van der Waals surface area contributed by atoms with Gasteiger partial charge in [0, 0.05) is 18.3 Å². The third-order valence-electron chi connectivity index (χ3n) is 2.09. The molecule has 18 heavy (non-hydrogen) atoms. The molecule has 10 heteroatoms. The first-order valence-corrected chi connectivity index (χ1v) is 6.36. The van der Waals surface area contributed by atoms with Crippen LogP contribution in [0.4, 0.5) is 5.95 Å². The van der Waals surface area contributed by atoms with Crippen molar-refractivity contribution in [1.82, 2.24) is 24.9 Å². The van der Waals surface area contributed by atoms with E-state index in [1.54, 1.807) is 6.20 Å². The number of hydrogen-bond acceptors (Lipinski definition) is 7. The fourth-order valence-corrected chi connectivity index (χ4v) is 2.07. The molecule has 0 saturated carbocycles. The topological polar surface area (TPSA) is 139 Å². The van der Waals surface area contributed by atoms with Crippen LogP contribution >= 0.6 is 0 Å². The van der Waals surface area contributed by atoms with Crippen molar-refractivity contribution in [2.45, 2.75) is 11.4 Å². The van der Waals surface area contributed by atoms with Crippen LogP contribution in [0.15, 0.2) is 29.7 Å². The summed E-state index contributed by atoms with van der Waals surface area (Å²) in [5.74, 6) is 5.22. The first kappa shape index (κ1) is 12.4. The molecule has 2 aromatic rings. The average Bonchev–Trinajstić information content (AvgIpc) is 2.90. The Morgan fingerprint density at radius 2 is 2.00 bits per heavy atom. The number of nitrogen functional groups attached to an aromatic ring is 1. The number of hydrazine groups is 1. The van der Waals surface area contributed by atoms with Crippen molar-refractivity contribution in [2.24, 2.45) is 5.84 Å². The molecule has 0 spiro atoms. The number of hydrogen-bond donors (Lipinski definition) is 4. The minimum absolute atomic E-state index is 0.0370. The molecular formula is C8H11N7O2S. The van der Waals surface area contributed by atoms with Crippen molar-refractivity contribution in [3.63, 3.8) is 0 Å². The molecule has 0 aliphatic carbocycles. The van der Waals surface area contributed by atoms with Gasteiger partial charge in [0.1, 0.15) is 4.90 Å². The summed E-state index contributed by atoms with van der Waals surface area (Å²) >= 11 is 0. The van der Waals surface area contributed by atoms with E-state index in [1.165, 1.54) is 18.6 Å². The lowest BCUT2D eigenvalue weighted by atomic mass is 10.4. The molecule has 2 heterocycles. The van der Waals surface area contributed by atoms with Gasteiger partial charge in [0.05, 0.1) is 18.6 Å². The standard InChI is InChI=1S/C8H11N7O2S/c9-15-8-10-4-7(5-11-8)18(16,17)14-3-6-1-12-13-2-6/h1-2,4-5,14H,3,9H2,(H,12,13)(H,10,11,15). The van der Waals surface area contributed by atoms with Gasteiger partial charge < -0.3 is 0 Å². The molecule has 5 N–H and O–H groups in total. The van der Waals surface area contributed by atoms with Crippen LogP contribution in [0.5, 0.6) is 0 Å². The molecule has 0 aliphatic heterocycles. The summed E-state index contributed by atoms with van der Waals surface area (Å²) in [7, 11) is -3.65. The number of nitrogens with one attached hydrogen (secondary N) is 3. The Labute approximate surface area is 103 Å². The zero-order valence-electron chi connectivity index (χ0n) is 9.16. The van der Waals surface area contributed by atoms with Crippen LogP contribution in [-0.2, 0) is 16.6 Å². The van der Waals surface area contributed by atoms with Crippen molar-refractivity contribution >= 4 is 16.0 Å². The summed E-state index contributed by atoms with van der Waals surface area (Å²) in [5.41, 5.74) is 2.93. The number of anilines is 1. The maximum atomic E-state index is 11.9. The lowest BCUT2D eigenvalue weighted by molar-refractivity contribution is 0.580. The number of sulfonamides is 1. The smallest absolute Gasteiger partial charge is 0.243 e. The zero-order valence-corrected chi connectivity index (χ0v) is 9.98. The first-order valence-electron chi connectivity index (χ1n) is 4.88. The molecule has 96 valence electrons. The highest BCUT2D eigenvalue weighted by molar-refractivity contribution is 7.89. The third-order valence-corrected chi connectivity index (χ3v) is 3.44. The van der Waals surface area contributed by atoms with Gasteiger partial charge in [-0.2, -0.15) is 5.10 Å². The maximum Gasteiger partial charge on any atom is 0.243 e. The number of nitrogens with zero attached hydrogens (tertiary/aromatic N) is 3. The predicted octanol–water partition coefficient (Wildman–Crippen LogP) is -1.04. The van der Waals surface area contributed by atoms with Crippen LogP contribution in [0.2, 0.25) is 0 Å². The van der Waals surface area contributed by atoms with Crippen LogP contribution < -0.4 is 16.0 Å². The van der Waals surface area contributed by atoms with Crippen molar-refractivity contribution in [2.75, 3.05) is 5.43 Å². The Morgan fingerprint density at radius 1 is 1.28 bits per heavy atom. The van der Waals surface area contributed by atoms with E-state index in [1.807, 2.05) is 0 Å². The van der Waals surface area contributed by atoms with Gasteiger partial charge in [-0.05, 0) is 0 Å². The molecular weight excluding hydrogens is 258 g/mol. The summed E-state index contributed by atoms with van der Waals surface area (Å²) in [6.45, 7) is 0.135. The molecule has 0 aliphatic rings. The van der Waals surface area contributed by atoms with Crippen LogP contribution in [0.1, 0.15) is 5.56 Å². The van der Waals surface area contributed by atoms with Crippen molar-refractivity contribution in [3.8, 4) is 0 Å². The van der Waals surface area contributed by atoms with Gasteiger partial charge >= 0.3 is 0 Å². The predicted molar refractivity (Wildman–Crippen MR) is 62.5 cm³/mol. The van der Waals surface area contributed by atoms with Crippen molar-refractivity contribution in [3.05, 3.63) is 30.4 Å². The van der Waals surface area contributed by atoms with Crippen LogP contribution in [0, 0.1) is 0 Å². The van der Waals surface area contributed by atoms with E-state index >= 15 is 0 Å². The van der Waals surface area contributed by atoms with Gasteiger partial charge in [0.25, 0.3) is 0 Å². The lowest BCUT2D eigenvalue weighted by Gasteiger charge is -2.05. The van der Waals surface area contributed by atoms with Crippen molar-refractivity contribution < 1.29 is 8.42 Å². The fraction of sp³-hybridized carbons (Fsp3) is 0.125. The second-order valence-corrected chi connectivity index (χ2v) is 5.08. The van der Waals surface area contributed by atoms with Crippen LogP contribution in [0.25, 0.3) is 0 Å². The molecule has 0 fully saturated rings. The number of rotatable bonds is 5. The molecule has 0 unspecified atom stereocenters. The number of aromatic nitrogens is 4. The highest BCUT2D eigenvalue weighted by Crippen LogP contribution is 2.07. The Morgan fingerprint density at radius 3 is 2.56 bits per heavy atom. The molecule has 2 rings (SSSR count). The quantitative estimate of drug-likeness (QED) is 0.402. The van der Waals surface area contributed by atoms with Gasteiger partial charge in [0.15, 0.2) is 0 Å². The third kappa shape index (κ3) is 2.80. The number of aromatic amines is 1. The summed E-state index contributed by atoms with van der Waals surface area (Å²) in [5, 5.41) is 6.30. The minimum atomic E-state index is -3.65. The Balaban J connectivity index is 2.09. The van der Waals surface area contributed by atoms with E-state index in [0.29, 0.717) is 0 Å². The molecule has 0 bridgehead atoms. The SMILES string of the molecule is NNc1ncc(S(=O)(=O)NCc2cn[nH]c2)cn1. The first-order chi connectivity index (χ1) is 8.62. The van der Waals surface area contributed by atoms with E-state index < -0.39 is 10.0 Å². The van der Waals surface area contributed by atoms with Crippen molar-refractivity contribution in [1.29, 1.82) is 0 Å². The number of nitrogens with two attached hydrogens (primary N) is 1. The summed E-state index contributed by atoms with van der Waals surface area (Å²) in [4.78, 5) is 7.41. The lowest BCUT2D eigenvalue weighted by Crippen LogP contribution is -2.23. The normalized spacial score (nSPS) is 11.4. The summed E-state index contributed by atoms with van der Waals surface area (Å²) < 4.78 is 26.1. The molecule has 0 atom stereocenters. The van der Waals surface area contributed by atoms with E-state index in [0.717, 1.165) is 5.56 Å². The molecule has 0 aromatic carbocycles. The van der Waals surface area contributed by atoms with Crippen LogP contribution in [0.3, 0.4) is 0 Å². The van der Waals surface area contributed by atoms with Gasteiger partial charge in [-0.1, -0.05) is 0 Å². The zero-order chi connectivity index (χ0) is 13.0.